The second kappa shape index (κ2) is 12.5. The van der Waals surface area contributed by atoms with Crippen LogP contribution in [0, 0.1) is 0 Å². The summed E-state index contributed by atoms with van der Waals surface area (Å²) in [6, 6.07) is 9.77. The molecule has 4 heterocycles. The number of aliphatic imine (C=N–C) groups is 1. The van der Waals surface area contributed by atoms with E-state index in [0.717, 1.165) is 31.4 Å². The average molecular weight is 551 g/mol. The summed E-state index contributed by atoms with van der Waals surface area (Å²) in [7, 11) is 1.77. The normalized spacial score (nSPS) is 15.7. The van der Waals surface area contributed by atoms with E-state index in [-0.39, 0.29) is 30.0 Å². The van der Waals surface area contributed by atoms with Crippen molar-refractivity contribution in [2.45, 2.75) is 31.7 Å². The van der Waals surface area contributed by atoms with Crippen LogP contribution in [0.15, 0.2) is 56.7 Å². The maximum absolute atomic E-state index is 5.72. The second-order valence-electron chi connectivity index (χ2n) is 7.49. The molecular weight excluding hydrogens is 521 g/mol. The number of hydrogen-bond donors (Lipinski definition) is 2. The predicted octanol–water partition coefficient (Wildman–Crippen LogP) is 3.28. The lowest BCUT2D eigenvalue weighted by atomic mass is 10.1. The second-order valence-corrected chi connectivity index (χ2v) is 7.49. The Balaban J connectivity index is 0.00000289. The first-order chi connectivity index (χ1) is 15.3. The molecule has 2 N–H and O–H groups in total. The van der Waals surface area contributed by atoms with Crippen molar-refractivity contribution in [1.29, 1.82) is 0 Å². The topological polar surface area (TPSA) is 105 Å². The van der Waals surface area contributed by atoms with E-state index < -0.39 is 0 Å². The summed E-state index contributed by atoms with van der Waals surface area (Å²) in [6.45, 7) is 3.54. The van der Waals surface area contributed by atoms with Crippen LogP contribution in [0.3, 0.4) is 0 Å². The first-order valence-corrected chi connectivity index (χ1v) is 10.8. The van der Waals surface area contributed by atoms with Gasteiger partial charge in [0.05, 0.1) is 12.3 Å². The highest BCUT2D eigenvalue weighted by molar-refractivity contribution is 14.0. The standard InChI is InChI=1S/C22H29N7O2.HI/c1-23-22(25-12-10-20-27-21(31-28-20)17-8-3-4-11-24-17)26-16-18(19-9-7-15-30-19)29-13-5-2-6-14-29;/h3-4,7-9,11,15,18H,2,5-6,10,12-14,16H2,1H3,(H2,23,25,26);1H. The third-order valence-electron chi connectivity index (χ3n) is 5.38. The molecule has 0 spiro atoms. The number of furan rings is 1. The summed E-state index contributed by atoms with van der Waals surface area (Å²) in [6.07, 6.45) is 7.82. The molecule has 172 valence electrons. The van der Waals surface area contributed by atoms with Crippen molar-refractivity contribution in [3.63, 3.8) is 0 Å². The zero-order valence-corrected chi connectivity index (χ0v) is 20.6. The Morgan fingerprint density at radius 3 is 2.75 bits per heavy atom. The van der Waals surface area contributed by atoms with E-state index in [1.54, 1.807) is 19.5 Å². The molecule has 0 aliphatic carbocycles. The maximum Gasteiger partial charge on any atom is 0.276 e. The SMILES string of the molecule is CN=C(NCCc1noc(-c2ccccn2)n1)NCC(c1ccco1)N1CCCCC1.I. The van der Waals surface area contributed by atoms with Crippen molar-refractivity contribution in [3.8, 4) is 11.6 Å². The van der Waals surface area contributed by atoms with Crippen LogP contribution in [0.5, 0.6) is 0 Å². The Hall–Kier alpha value is -2.47. The molecule has 32 heavy (non-hydrogen) atoms. The third-order valence-corrected chi connectivity index (χ3v) is 5.38. The number of guanidine groups is 1. The Bertz CT molecular complexity index is 940. The van der Waals surface area contributed by atoms with Crippen molar-refractivity contribution < 1.29 is 8.94 Å². The van der Waals surface area contributed by atoms with E-state index in [2.05, 4.69) is 35.7 Å². The fourth-order valence-electron chi connectivity index (χ4n) is 3.78. The highest BCUT2D eigenvalue weighted by atomic mass is 127. The van der Waals surface area contributed by atoms with Crippen molar-refractivity contribution >= 4 is 29.9 Å². The van der Waals surface area contributed by atoms with Gasteiger partial charge in [0.15, 0.2) is 11.8 Å². The van der Waals surface area contributed by atoms with Gasteiger partial charge in [-0.2, -0.15) is 4.98 Å². The number of nitrogens with zero attached hydrogens (tertiary/aromatic N) is 5. The molecule has 0 saturated carbocycles. The quantitative estimate of drug-likeness (QED) is 0.250. The monoisotopic (exact) mass is 551 g/mol. The first-order valence-electron chi connectivity index (χ1n) is 10.8. The zero-order valence-electron chi connectivity index (χ0n) is 18.2. The van der Waals surface area contributed by atoms with Gasteiger partial charge in [-0.1, -0.05) is 17.6 Å². The molecule has 3 aromatic heterocycles. The Morgan fingerprint density at radius 1 is 1.16 bits per heavy atom. The molecule has 1 aliphatic rings. The van der Waals surface area contributed by atoms with Gasteiger partial charge in [0, 0.05) is 32.8 Å². The fourth-order valence-corrected chi connectivity index (χ4v) is 3.78. The van der Waals surface area contributed by atoms with Gasteiger partial charge in [-0.25, -0.2) is 0 Å². The molecular formula is C22H30IN7O2. The van der Waals surface area contributed by atoms with E-state index in [0.29, 0.717) is 30.4 Å². The molecule has 10 heteroatoms. The molecule has 3 aromatic rings. The summed E-state index contributed by atoms with van der Waals surface area (Å²) in [5.74, 6) is 2.78. The smallest absolute Gasteiger partial charge is 0.276 e. The third kappa shape index (κ3) is 6.52. The van der Waals surface area contributed by atoms with Crippen LogP contribution < -0.4 is 10.6 Å². The van der Waals surface area contributed by atoms with E-state index in [1.807, 2.05) is 30.3 Å². The van der Waals surface area contributed by atoms with Gasteiger partial charge in [0.2, 0.25) is 0 Å². The van der Waals surface area contributed by atoms with Crippen LogP contribution >= 0.6 is 24.0 Å². The van der Waals surface area contributed by atoms with Crippen LogP contribution in [0.2, 0.25) is 0 Å². The minimum absolute atomic E-state index is 0. The van der Waals surface area contributed by atoms with Crippen molar-refractivity contribution in [3.05, 3.63) is 54.4 Å². The molecule has 9 nitrogen and oxygen atoms in total. The summed E-state index contributed by atoms with van der Waals surface area (Å²) < 4.78 is 11.0. The van der Waals surface area contributed by atoms with Crippen molar-refractivity contribution in [2.24, 2.45) is 4.99 Å². The van der Waals surface area contributed by atoms with Crippen molar-refractivity contribution in [1.82, 2.24) is 30.7 Å². The summed E-state index contributed by atoms with van der Waals surface area (Å²) in [5.41, 5.74) is 0.674. The van der Waals surface area contributed by atoms with E-state index >= 15 is 0 Å². The van der Waals surface area contributed by atoms with Crippen LogP contribution in [0.25, 0.3) is 11.6 Å². The minimum Gasteiger partial charge on any atom is -0.468 e. The van der Waals surface area contributed by atoms with Gasteiger partial charge >= 0.3 is 0 Å². The molecule has 1 atom stereocenters. The van der Waals surface area contributed by atoms with Gasteiger partial charge < -0.3 is 19.6 Å². The van der Waals surface area contributed by atoms with Gasteiger partial charge in [0.25, 0.3) is 5.89 Å². The number of aromatic nitrogens is 3. The summed E-state index contributed by atoms with van der Waals surface area (Å²) in [5, 5.41) is 10.8. The van der Waals surface area contributed by atoms with Crippen LogP contribution in [0.4, 0.5) is 0 Å². The van der Waals surface area contributed by atoms with E-state index in [1.165, 1.54) is 19.3 Å². The molecule has 0 amide bonds. The molecule has 0 bridgehead atoms. The molecule has 1 aliphatic heterocycles. The molecule has 1 fully saturated rings. The molecule has 1 unspecified atom stereocenters. The lowest BCUT2D eigenvalue weighted by Crippen LogP contribution is -2.44. The highest BCUT2D eigenvalue weighted by Crippen LogP contribution is 2.24. The largest absolute Gasteiger partial charge is 0.468 e. The lowest BCUT2D eigenvalue weighted by molar-refractivity contribution is 0.146. The summed E-state index contributed by atoms with van der Waals surface area (Å²) in [4.78, 5) is 15.5. The molecule has 0 radical (unpaired) electrons. The van der Waals surface area contributed by atoms with E-state index in [9.17, 15) is 0 Å². The lowest BCUT2D eigenvalue weighted by Gasteiger charge is -2.33. The number of likely N-dealkylation sites (tertiary alicyclic amines) is 1. The van der Waals surface area contributed by atoms with Crippen LogP contribution in [0.1, 0.15) is 36.9 Å². The Labute approximate surface area is 205 Å². The average Bonchev–Trinajstić information content (AvgIpc) is 3.52. The van der Waals surface area contributed by atoms with Crippen LogP contribution in [-0.2, 0) is 6.42 Å². The molecule has 1 saturated heterocycles. The predicted molar refractivity (Wildman–Crippen MR) is 133 cm³/mol. The number of rotatable bonds is 8. The Kier molecular flexibility index (Phi) is 9.47. The number of hydrogen-bond acceptors (Lipinski definition) is 7. The summed E-state index contributed by atoms with van der Waals surface area (Å²) >= 11 is 0. The van der Waals surface area contributed by atoms with Gasteiger partial charge in [0.1, 0.15) is 11.5 Å². The number of pyridine rings is 1. The Morgan fingerprint density at radius 2 is 2.03 bits per heavy atom. The van der Waals surface area contributed by atoms with Gasteiger partial charge in [-0.05, 0) is 50.2 Å². The van der Waals surface area contributed by atoms with Crippen molar-refractivity contribution in [2.75, 3.05) is 33.2 Å². The fraction of sp³-hybridized carbons (Fsp3) is 0.455. The zero-order chi connectivity index (χ0) is 21.3. The van der Waals surface area contributed by atoms with Gasteiger partial charge in [-0.3, -0.25) is 14.9 Å². The van der Waals surface area contributed by atoms with Crippen LogP contribution in [-0.4, -0.2) is 59.2 Å². The number of piperidine rings is 1. The maximum atomic E-state index is 5.72. The number of halogens is 1. The highest BCUT2D eigenvalue weighted by Gasteiger charge is 2.24. The molecule has 0 aromatic carbocycles. The van der Waals surface area contributed by atoms with Gasteiger partial charge in [-0.15, -0.1) is 24.0 Å². The minimum atomic E-state index is 0. The molecule has 4 rings (SSSR count). The number of nitrogens with one attached hydrogen (secondary N) is 2. The van der Waals surface area contributed by atoms with E-state index in [4.69, 9.17) is 8.94 Å². The first kappa shape index (κ1) is 24.2.